The molecule has 5 nitrogen and oxygen atoms in total. The van der Waals surface area contributed by atoms with Crippen LogP contribution in [0.3, 0.4) is 0 Å². The van der Waals surface area contributed by atoms with Crippen LogP contribution in [0, 0.1) is 0 Å². The van der Waals surface area contributed by atoms with E-state index in [0.717, 1.165) is 25.0 Å². The molecule has 2 aliphatic rings. The van der Waals surface area contributed by atoms with E-state index in [1.54, 1.807) is 18.3 Å². The number of morpholine rings is 1. The summed E-state index contributed by atoms with van der Waals surface area (Å²) >= 11 is 0. The molecule has 24 heavy (non-hydrogen) atoms. The van der Waals surface area contributed by atoms with E-state index < -0.39 is 0 Å². The molecule has 0 bridgehead atoms. The van der Waals surface area contributed by atoms with E-state index in [1.165, 1.54) is 0 Å². The molecule has 1 amide bonds. The summed E-state index contributed by atoms with van der Waals surface area (Å²) in [6.07, 6.45) is 5.01. The second-order valence-electron chi connectivity index (χ2n) is 6.21. The Hall–Kier alpha value is -2.40. The molecule has 1 saturated heterocycles. The number of benzene rings is 1. The fourth-order valence-corrected chi connectivity index (χ4v) is 3.52. The van der Waals surface area contributed by atoms with Gasteiger partial charge in [-0.1, -0.05) is 18.2 Å². The van der Waals surface area contributed by atoms with Crippen LogP contribution in [0.15, 0.2) is 48.7 Å². The second-order valence-corrected chi connectivity index (χ2v) is 6.21. The molecule has 1 saturated carbocycles. The minimum atomic E-state index is 0.0361. The Bertz CT molecular complexity index is 702. The predicted molar refractivity (Wildman–Crippen MR) is 89.2 cm³/mol. The van der Waals surface area contributed by atoms with Crippen molar-refractivity contribution in [3.05, 3.63) is 54.2 Å². The summed E-state index contributed by atoms with van der Waals surface area (Å²) in [7, 11) is 0. The molecule has 2 aromatic rings. The van der Waals surface area contributed by atoms with E-state index in [-0.39, 0.29) is 18.1 Å². The smallest absolute Gasteiger partial charge is 0.255 e. The normalized spacial score (nSPS) is 22.9. The third-order valence-corrected chi connectivity index (χ3v) is 4.69. The zero-order valence-electron chi connectivity index (χ0n) is 13.4. The third kappa shape index (κ3) is 2.99. The van der Waals surface area contributed by atoms with Gasteiger partial charge in [0.15, 0.2) is 0 Å². The van der Waals surface area contributed by atoms with Gasteiger partial charge in [-0.05, 0) is 37.5 Å². The molecule has 0 spiro atoms. The van der Waals surface area contributed by atoms with Gasteiger partial charge in [-0.15, -0.1) is 0 Å². The summed E-state index contributed by atoms with van der Waals surface area (Å²) in [4.78, 5) is 19.0. The Morgan fingerprint density at radius 2 is 2.04 bits per heavy atom. The number of amides is 1. The molecular weight excluding hydrogens is 304 g/mol. The SMILES string of the molecule is O=C(c1ccc(Oc2ccccc2)nc1)N1CCO[C@H]2CCC[C@@H]21. The van der Waals surface area contributed by atoms with Crippen molar-refractivity contribution >= 4 is 5.91 Å². The van der Waals surface area contributed by atoms with Crippen LogP contribution in [-0.4, -0.2) is 41.1 Å². The van der Waals surface area contributed by atoms with Gasteiger partial charge in [0.25, 0.3) is 5.91 Å². The van der Waals surface area contributed by atoms with Crippen molar-refractivity contribution in [2.75, 3.05) is 13.2 Å². The molecule has 2 fully saturated rings. The summed E-state index contributed by atoms with van der Waals surface area (Å²) in [5.41, 5.74) is 0.600. The topological polar surface area (TPSA) is 51.7 Å². The molecule has 2 heterocycles. The van der Waals surface area contributed by atoms with E-state index in [1.807, 2.05) is 35.2 Å². The summed E-state index contributed by atoms with van der Waals surface area (Å²) in [5.74, 6) is 1.25. The lowest BCUT2D eigenvalue weighted by molar-refractivity contribution is -0.0445. The molecule has 1 aromatic heterocycles. The lowest BCUT2D eigenvalue weighted by Gasteiger charge is -2.37. The largest absolute Gasteiger partial charge is 0.439 e. The standard InChI is InChI=1S/C19H20N2O3/c22-19(21-11-12-23-17-8-4-7-16(17)21)14-9-10-18(20-13-14)24-15-5-2-1-3-6-15/h1-3,5-6,9-10,13,16-17H,4,7-8,11-12H2/t16-,17-/m0/s1. The third-order valence-electron chi connectivity index (χ3n) is 4.69. The maximum absolute atomic E-state index is 12.8. The number of fused-ring (bicyclic) bond motifs is 1. The molecular formula is C19H20N2O3. The summed E-state index contributed by atoms with van der Waals surface area (Å²) in [6, 6.07) is 13.2. The second kappa shape index (κ2) is 6.61. The highest BCUT2D eigenvalue weighted by molar-refractivity contribution is 5.94. The van der Waals surface area contributed by atoms with E-state index in [2.05, 4.69) is 4.98 Å². The number of nitrogens with zero attached hydrogens (tertiary/aromatic N) is 2. The first-order valence-corrected chi connectivity index (χ1v) is 8.43. The van der Waals surface area contributed by atoms with E-state index in [4.69, 9.17) is 9.47 Å². The molecule has 2 atom stereocenters. The van der Waals surface area contributed by atoms with Crippen molar-refractivity contribution in [1.29, 1.82) is 0 Å². The van der Waals surface area contributed by atoms with Crippen molar-refractivity contribution in [3.63, 3.8) is 0 Å². The van der Waals surface area contributed by atoms with Gasteiger partial charge >= 0.3 is 0 Å². The van der Waals surface area contributed by atoms with Crippen LogP contribution in [0.25, 0.3) is 0 Å². The van der Waals surface area contributed by atoms with Crippen LogP contribution in [0.2, 0.25) is 0 Å². The Morgan fingerprint density at radius 3 is 2.83 bits per heavy atom. The first kappa shape index (κ1) is 15.1. The van der Waals surface area contributed by atoms with Gasteiger partial charge in [0.1, 0.15) is 5.75 Å². The van der Waals surface area contributed by atoms with Gasteiger partial charge in [0, 0.05) is 18.8 Å². The van der Waals surface area contributed by atoms with Gasteiger partial charge in [-0.3, -0.25) is 4.79 Å². The fraction of sp³-hybridized carbons (Fsp3) is 0.368. The minimum absolute atomic E-state index is 0.0361. The van der Waals surface area contributed by atoms with Crippen molar-refractivity contribution in [2.24, 2.45) is 0 Å². The van der Waals surface area contributed by atoms with Crippen LogP contribution >= 0.6 is 0 Å². The van der Waals surface area contributed by atoms with Crippen LogP contribution < -0.4 is 4.74 Å². The maximum atomic E-state index is 12.8. The van der Waals surface area contributed by atoms with E-state index >= 15 is 0 Å². The quantitative estimate of drug-likeness (QED) is 0.869. The average Bonchev–Trinajstić information content (AvgIpc) is 3.11. The maximum Gasteiger partial charge on any atom is 0.255 e. The molecule has 5 heteroatoms. The number of aromatic nitrogens is 1. The number of hydrogen-bond acceptors (Lipinski definition) is 4. The van der Waals surface area contributed by atoms with Crippen molar-refractivity contribution < 1.29 is 14.3 Å². The summed E-state index contributed by atoms with van der Waals surface area (Å²) in [5, 5.41) is 0. The Labute approximate surface area is 141 Å². The number of hydrogen-bond donors (Lipinski definition) is 0. The highest BCUT2D eigenvalue weighted by Crippen LogP contribution is 2.30. The predicted octanol–water partition coefficient (Wildman–Crippen LogP) is 3.27. The van der Waals surface area contributed by atoms with Gasteiger partial charge in [-0.25, -0.2) is 4.98 Å². The molecule has 124 valence electrons. The van der Waals surface area contributed by atoms with Crippen LogP contribution in [-0.2, 0) is 4.74 Å². The monoisotopic (exact) mass is 324 g/mol. The Kier molecular flexibility index (Phi) is 4.17. The molecule has 1 aromatic carbocycles. The van der Waals surface area contributed by atoms with Crippen LogP contribution in [0.5, 0.6) is 11.6 Å². The van der Waals surface area contributed by atoms with E-state index in [9.17, 15) is 4.79 Å². The lowest BCUT2D eigenvalue weighted by atomic mass is 10.1. The molecule has 1 aliphatic heterocycles. The van der Waals surface area contributed by atoms with E-state index in [0.29, 0.717) is 24.6 Å². The van der Waals surface area contributed by atoms with Gasteiger partial charge < -0.3 is 14.4 Å². The molecule has 0 unspecified atom stereocenters. The fourth-order valence-electron chi connectivity index (χ4n) is 3.52. The number of carbonyl (C=O) groups excluding carboxylic acids is 1. The molecule has 0 radical (unpaired) electrons. The summed E-state index contributed by atoms with van der Waals surface area (Å²) in [6.45, 7) is 1.28. The van der Waals surface area contributed by atoms with Crippen molar-refractivity contribution in [3.8, 4) is 11.6 Å². The number of para-hydroxylation sites is 1. The number of pyridine rings is 1. The van der Waals surface area contributed by atoms with Crippen molar-refractivity contribution in [1.82, 2.24) is 9.88 Å². The lowest BCUT2D eigenvalue weighted by Crippen LogP contribution is -2.51. The highest BCUT2D eigenvalue weighted by Gasteiger charge is 2.38. The van der Waals surface area contributed by atoms with Gasteiger partial charge in [0.2, 0.25) is 5.88 Å². The Morgan fingerprint density at radius 1 is 1.17 bits per heavy atom. The van der Waals surface area contributed by atoms with Crippen LogP contribution in [0.1, 0.15) is 29.6 Å². The highest BCUT2D eigenvalue weighted by atomic mass is 16.5. The summed E-state index contributed by atoms with van der Waals surface area (Å²) < 4.78 is 11.4. The van der Waals surface area contributed by atoms with Gasteiger partial charge in [0.05, 0.1) is 24.3 Å². The molecule has 4 rings (SSSR count). The zero-order chi connectivity index (χ0) is 16.4. The minimum Gasteiger partial charge on any atom is -0.439 e. The average molecular weight is 324 g/mol. The first-order chi connectivity index (χ1) is 11.8. The molecule has 1 aliphatic carbocycles. The number of carbonyl (C=O) groups is 1. The number of rotatable bonds is 3. The van der Waals surface area contributed by atoms with Gasteiger partial charge in [-0.2, -0.15) is 0 Å². The number of ether oxygens (including phenoxy) is 2. The molecule has 0 N–H and O–H groups in total. The van der Waals surface area contributed by atoms with Crippen LogP contribution in [0.4, 0.5) is 0 Å². The van der Waals surface area contributed by atoms with Crippen molar-refractivity contribution in [2.45, 2.75) is 31.4 Å². The first-order valence-electron chi connectivity index (χ1n) is 8.43. The Balaban J connectivity index is 1.47. The zero-order valence-corrected chi connectivity index (χ0v) is 13.4.